The Bertz CT molecular complexity index is 907. The van der Waals surface area contributed by atoms with Gasteiger partial charge in [-0.05, 0) is 48.7 Å². The van der Waals surface area contributed by atoms with Gasteiger partial charge >= 0.3 is 0 Å². The highest BCUT2D eigenvalue weighted by Crippen LogP contribution is 2.50. The summed E-state index contributed by atoms with van der Waals surface area (Å²) < 4.78 is 2.17. The van der Waals surface area contributed by atoms with Crippen LogP contribution in [0, 0.1) is 0 Å². The summed E-state index contributed by atoms with van der Waals surface area (Å²) in [6.45, 7) is 0.669. The molecule has 0 atom stereocenters. The van der Waals surface area contributed by atoms with Gasteiger partial charge in [-0.3, -0.25) is 4.79 Å². The number of para-hydroxylation sites is 1. The Kier molecular flexibility index (Phi) is 3.61. The first-order valence-corrected chi connectivity index (χ1v) is 8.55. The quantitative estimate of drug-likeness (QED) is 0.756. The topological polar surface area (TPSA) is 34.0 Å². The molecule has 4 rings (SSSR count). The van der Waals surface area contributed by atoms with Crippen molar-refractivity contribution in [2.24, 2.45) is 7.05 Å². The molecule has 4 heteroatoms. The van der Waals surface area contributed by atoms with Crippen molar-refractivity contribution in [1.29, 1.82) is 0 Å². The molecule has 24 heavy (non-hydrogen) atoms. The minimum atomic E-state index is -0.0434. The molecule has 1 aliphatic rings. The number of nitrogens with zero attached hydrogens (tertiary/aromatic N) is 1. The van der Waals surface area contributed by atoms with E-state index in [1.165, 1.54) is 16.5 Å². The van der Waals surface area contributed by atoms with Gasteiger partial charge in [0.25, 0.3) is 5.91 Å². The van der Waals surface area contributed by atoms with Gasteiger partial charge in [-0.2, -0.15) is 0 Å². The lowest BCUT2D eigenvalue weighted by atomic mass is 9.95. The Labute approximate surface area is 146 Å². The van der Waals surface area contributed by atoms with E-state index in [2.05, 4.69) is 47.4 Å². The molecule has 0 spiro atoms. The van der Waals surface area contributed by atoms with Crippen molar-refractivity contribution in [2.45, 2.75) is 18.3 Å². The van der Waals surface area contributed by atoms with E-state index in [1.807, 2.05) is 0 Å². The maximum Gasteiger partial charge on any atom is 0.251 e. The number of hydrogen-bond donors (Lipinski definition) is 1. The average molecular weight is 339 g/mol. The first kappa shape index (κ1) is 15.3. The van der Waals surface area contributed by atoms with Crippen LogP contribution in [0.5, 0.6) is 0 Å². The van der Waals surface area contributed by atoms with Crippen LogP contribution in [0.3, 0.4) is 0 Å². The Balaban J connectivity index is 1.55. The van der Waals surface area contributed by atoms with E-state index in [0.717, 1.165) is 12.8 Å². The summed E-state index contributed by atoms with van der Waals surface area (Å²) >= 11 is 5.88. The molecular weight excluding hydrogens is 320 g/mol. The number of hydrogen-bond acceptors (Lipinski definition) is 1. The molecule has 1 heterocycles. The molecule has 0 unspecified atom stereocenters. The number of rotatable bonds is 4. The first-order chi connectivity index (χ1) is 11.6. The standard InChI is InChI=1S/C20H19ClN2O/c1-23-12-17(16-4-2-3-5-18(16)23)20(10-11-20)13-22-19(24)14-6-8-15(21)9-7-14/h2-9,12H,10-11,13H2,1H3,(H,22,24). The van der Waals surface area contributed by atoms with E-state index in [0.29, 0.717) is 17.1 Å². The van der Waals surface area contributed by atoms with Crippen LogP contribution in [0.1, 0.15) is 28.8 Å². The number of nitrogens with one attached hydrogen (secondary N) is 1. The van der Waals surface area contributed by atoms with E-state index < -0.39 is 0 Å². The first-order valence-electron chi connectivity index (χ1n) is 8.17. The van der Waals surface area contributed by atoms with Gasteiger partial charge in [0.2, 0.25) is 0 Å². The van der Waals surface area contributed by atoms with Gasteiger partial charge in [-0.15, -0.1) is 0 Å². The molecule has 1 fully saturated rings. The summed E-state index contributed by atoms with van der Waals surface area (Å²) in [7, 11) is 2.08. The number of benzene rings is 2. The zero-order valence-electron chi connectivity index (χ0n) is 13.6. The van der Waals surface area contributed by atoms with E-state index in [-0.39, 0.29) is 11.3 Å². The Morgan fingerprint density at radius 3 is 2.58 bits per heavy atom. The lowest BCUT2D eigenvalue weighted by Crippen LogP contribution is -2.32. The zero-order chi connectivity index (χ0) is 16.7. The van der Waals surface area contributed by atoms with Gasteiger partial charge in [-0.25, -0.2) is 0 Å². The SMILES string of the molecule is Cn1cc(C2(CNC(=O)c3ccc(Cl)cc3)CC2)c2ccccc21. The Hall–Kier alpha value is -2.26. The lowest BCUT2D eigenvalue weighted by molar-refractivity contribution is 0.0950. The molecule has 0 saturated heterocycles. The highest BCUT2D eigenvalue weighted by molar-refractivity contribution is 6.30. The molecule has 0 aliphatic heterocycles. The van der Waals surface area contributed by atoms with Crippen molar-refractivity contribution in [3.05, 3.63) is 70.9 Å². The predicted molar refractivity (Wildman–Crippen MR) is 97.6 cm³/mol. The lowest BCUT2D eigenvalue weighted by Gasteiger charge is -2.16. The van der Waals surface area contributed by atoms with Crippen LogP contribution in [0.4, 0.5) is 0 Å². The van der Waals surface area contributed by atoms with Crippen LogP contribution in [-0.4, -0.2) is 17.0 Å². The van der Waals surface area contributed by atoms with Crippen molar-refractivity contribution >= 4 is 28.4 Å². The third-order valence-corrected chi connectivity index (χ3v) is 5.27. The summed E-state index contributed by atoms with van der Waals surface area (Å²) in [4.78, 5) is 12.4. The number of fused-ring (bicyclic) bond motifs is 1. The molecule has 0 radical (unpaired) electrons. The minimum Gasteiger partial charge on any atom is -0.351 e. The maximum absolute atomic E-state index is 12.4. The normalized spacial score (nSPS) is 15.4. The molecule has 1 amide bonds. The van der Waals surface area contributed by atoms with Crippen LogP contribution < -0.4 is 5.32 Å². The van der Waals surface area contributed by atoms with E-state index >= 15 is 0 Å². The van der Waals surface area contributed by atoms with Crippen molar-refractivity contribution in [3.8, 4) is 0 Å². The second kappa shape index (κ2) is 5.67. The Morgan fingerprint density at radius 2 is 1.88 bits per heavy atom. The van der Waals surface area contributed by atoms with Crippen LogP contribution >= 0.6 is 11.6 Å². The second-order valence-electron chi connectivity index (χ2n) is 6.64. The van der Waals surface area contributed by atoms with Gasteiger partial charge in [-0.1, -0.05) is 29.8 Å². The van der Waals surface area contributed by atoms with E-state index in [4.69, 9.17) is 11.6 Å². The molecule has 3 aromatic rings. The average Bonchev–Trinajstić information content (AvgIpc) is 3.32. The highest BCUT2D eigenvalue weighted by Gasteiger charge is 2.46. The fourth-order valence-electron chi connectivity index (χ4n) is 3.41. The van der Waals surface area contributed by atoms with E-state index in [9.17, 15) is 4.79 Å². The number of carbonyl (C=O) groups excluding carboxylic acids is 1. The largest absolute Gasteiger partial charge is 0.351 e. The third kappa shape index (κ3) is 2.59. The predicted octanol–water partition coefficient (Wildman–Crippen LogP) is 4.29. The molecule has 3 nitrogen and oxygen atoms in total. The summed E-state index contributed by atoms with van der Waals surface area (Å²) in [5.74, 6) is -0.0434. The monoisotopic (exact) mass is 338 g/mol. The van der Waals surface area contributed by atoms with Crippen LogP contribution in [0.2, 0.25) is 5.02 Å². The number of halogens is 1. The fourth-order valence-corrected chi connectivity index (χ4v) is 3.54. The van der Waals surface area contributed by atoms with Crippen molar-refractivity contribution < 1.29 is 4.79 Å². The Morgan fingerprint density at radius 1 is 1.17 bits per heavy atom. The van der Waals surface area contributed by atoms with Gasteiger partial charge in [0.1, 0.15) is 0 Å². The minimum absolute atomic E-state index is 0.0434. The van der Waals surface area contributed by atoms with Gasteiger partial charge in [0, 0.05) is 46.7 Å². The third-order valence-electron chi connectivity index (χ3n) is 5.02. The van der Waals surface area contributed by atoms with Gasteiger partial charge in [0.15, 0.2) is 0 Å². The molecule has 0 bridgehead atoms. The molecule has 1 aromatic heterocycles. The maximum atomic E-state index is 12.4. The second-order valence-corrected chi connectivity index (χ2v) is 7.08. The van der Waals surface area contributed by atoms with Crippen LogP contribution in [-0.2, 0) is 12.5 Å². The molecular formula is C20H19ClN2O. The number of aryl methyl sites for hydroxylation is 1. The van der Waals surface area contributed by atoms with Crippen molar-refractivity contribution in [3.63, 3.8) is 0 Å². The molecule has 1 aliphatic carbocycles. The van der Waals surface area contributed by atoms with Crippen molar-refractivity contribution in [2.75, 3.05) is 6.54 Å². The fraction of sp³-hybridized carbons (Fsp3) is 0.250. The number of aromatic nitrogens is 1. The highest BCUT2D eigenvalue weighted by atomic mass is 35.5. The summed E-state index contributed by atoms with van der Waals surface area (Å²) in [5.41, 5.74) is 3.30. The smallest absolute Gasteiger partial charge is 0.251 e. The molecule has 2 aromatic carbocycles. The summed E-state index contributed by atoms with van der Waals surface area (Å²) in [6, 6.07) is 15.5. The van der Waals surface area contributed by atoms with Gasteiger partial charge < -0.3 is 9.88 Å². The van der Waals surface area contributed by atoms with Crippen molar-refractivity contribution in [1.82, 2.24) is 9.88 Å². The molecule has 1 saturated carbocycles. The van der Waals surface area contributed by atoms with Crippen LogP contribution in [0.15, 0.2) is 54.7 Å². The number of amides is 1. The van der Waals surface area contributed by atoms with Crippen LogP contribution in [0.25, 0.3) is 10.9 Å². The number of carbonyl (C=O) groups is 1. The van der Waals surface area contributed by atoms with E-state index in [1.54, 1.807) is 24.3 Å². The van der Waals surface area contributed by atoms with Gasteiger partial charge in [0.05, 0.1) is 0 Å². The summed E-state index contributed by atoms with van der Waals surface area (Å²) in [5, 5.41) is 5.03. The zero-order valence-corrected chi connectivity index (χ0v) is 14.3. The summed E-state index contributed by atoms with van der Waals surface area (Å²) in [6.07, 6.45) is 4.44. The molecule has 1 N–H and O–H groups in total. The molecule has 122 valence electrons.